The summed E-state index contributed by atoms with van der Waals surface area (Å²) in [4.78, 5) is 22.6. The molecular weight excluding hydrogens is 356 g/mol. The van der Waals surface area contributed by atoms with Crippen LogP contribution in [0.25, 0.3) is 0 Å². The molecule has 1 N–H and O–H groups in total. The maximum Gasteiger partial charge on any atom is 0.288 e. The Morgan fingerprint density at radius 2 is 1.62 bits per heavy atom. The number of nitro benzene ring substituents is 1. The van der Waals surface area contributed by atoms with Gasteiger partial charge in [0.05, 0.1) is 4.92 Å². The fourth-order valence-corrected chi connectivity index (χ4v) is 2.41. The fourth-order valence-electron chi connectivity index (χ4n) is 2.23. The number of benzene rings is 3. The minimum atomic E-state index is -0.630. The van der Waals surface area contributed by atoms with E-state index in [9.17, 15) is 14.9 Å². The van der Waals surface area contributed by atoms with Gasteiger partial charge in [0.25, 0.3) is 11.6 Å². The average molecular weight is 369 g/mol. The van der Waals surface area contributed by atoms with Gasteiger partial charge in [0.2, 0.25) is 0 Å². The lowest BCUT2D eigenvalue weighted by molar-refractivity contribution is -0.384. The number of halogens is 1. The molecule has 0 saturated carbocycles. The summed E-state index contributed by atoms with van der Waals surface area (Å²) in [6.07, 6.45) is 0. The van der Waals surface area contributed by atoms with Crippen molar-refractivity contribution in [2.45, 2.75) is 0 Å². The molecule has 3 aromatic carbocycles. The standard InChI is InChI=1S/C19H13ClN2O4/c20-17-11-6-13(12-18(17)22(24)25)19(23)21-14-7-9-16(10-8-14)26-15-4-2-1-3-5-15/h1-12H,(H,21,23). The predicted molar refractivity (Wildman–Crippen MR) is 99.0 cm³/mol. The van der Waals surface area contributed by atoms with Gasteiger partial charge >= 0.3 is 0 Å². The lowest BCUT2D eigenvalue weighted by Gasteiger charge is -2.08. The molecular formula is C19H13ClN2O4. The molecule has 0 unspecified atom stereocenters. The summed E-state index contributed by atoms with van der Waals surface area (Å²) < 4.78 is 5.68. The first-order valence-corrected chi connectivity index (χ1v) is 7.99. The van der Waals surface area contributed by atoms with Crippen molar-refractivity contribution in [3.05, 3.63) is 93.5 Å². The Labute approximate surface area is 154 Å². The molecule has 26 heavy (non-hydrogen) atoms. The van der Waals surface area contributed by atoms with Gasteiger partial charge in [-0.2, -0.15) is 0 Å². The van der Waals surface area contributed by atoms with Crippen LogP contribution in [0.5, 0.6) is 11.5 Å². The van der Waals surface area contributed by atoms with Gasteiger partial charge in [-0.3, -0.25) is 14.9 Å². The van der Waals surface area contributed by atoms with Gasteiger partial charge in [-0.1, -0.05) is 29.8 Å². The Kier molecular flexibility index (Phi) is 5.15. The number of nitrogens with zero attached hydrogens (tertiary/aromatic N) is 1. The van der Waals surface area contributed by atoms with Crippen LogP contribution in [0.15, 0.2) is 72.8 Å². The van der Waals surface area contributed by atoms with Gasteiger partial charge in [-0.15, -0.1) is 0 Å². The molecule has 3 rings (SSSR count). The minimum absolute atomic E-state index is 0.0195. The van der Waals surface area contributed by atoms with E-state index in [0.29, 0.717) is 17.2 Å². The minimum Gasteiger partial charge on any atom is -0.457 e. The molecule has 0 aliphatic heterocycles. The van der Waals surface area contributed by atoms with Crippen LogP contribution in [-0.4, -0.2) is 10.8 Å². The van der Waals surface area contributed by atoms with Gasteiger partial charge < -0.3 is 10.1 Å². The molecule has 0 aromatic heterocycles. The molecule has 0 aliphatic rings. The van der Waals surface area contributed by atoms with Crippen LogP contribution in [0.3, 0.4) is 0 Å². The van der Waals surface area contributed by atoms with Crippen LogP contribution in [-0.2, 0) is 0 Å². The molecule has 6 nitrogen and oxygen atoms in total. The molecule has 3 aromatic rings. The van der Waals surface area contributed by atoms with Crippen LogP contribution >= 0.6 is 11.6 Å². The van der Waals surface area contributed by atoms with E-state index in [2.05, 4.69) is 5.32 Å². The Morgan fingerprint density at radius 1 is 0.962 bits per heavy atom. The number of ether oxygens (including phenoxy) is 1. The first-order valence-electron chi connectivity index (χ1n) is 7.61. The molecule has 0 fully saturated rings. The Bertz CT molecular complexity index is 944. The monoisotopic (exact) mass is 368 g/mol. The topological polar surface area (TPSA) is 81.5 Å². The highest BCUT2D eigenvalue weighted by atomic mass is 35.5. The normalized spacial score (nSPS) is 10.2. The maximum absolute atomic E-state index is 12.3. The number of nitro groups is 1. The van der Waals surface area contributed by atoms with Crippen LogP contribution in [0.2, 0.25) is 5.02 Å². The number of hydrogen-bond acceptors (Lipinski definition) is 4. The van der Waals surface area contributed by atoms with E-state index in [1.165, 1.54) is 12.1 Å². The molecule has 7 heteroatoms. The number of amides is 1. The Hall–Kier alpha value is -3.38. The molecule has 0 bridgehead atoms. The maximum atomic E-state index is 12.3. The summed E-state index contributed by atoms with van der Waals surface area (Å²) in [5.74, 6) is 0.857. The second-order valence-electron chi connectivity index (χ2n) is 5.32. The number of carbonyl (C=O) groups excluding carboxylic acids is 1. The van der Waals surface area contributed by atoms with Crippen molar-refractivity contribution in [1.82, 2.24) is 0 Å². The van der Waals surface area contributed by atoms with E-state index < -0.39 is 10.8 Å². The second-order valence-corrected chi connectivity index (χ2v) is 5.72. The van der Waals surface area contributed by atoms with Crippen molar-refractivity contribution in [3.63, 3.8) is 0 Å². The van der Waals surface area contributed by atoms with Crippen LogP contribution in [0, 0.1) is 10.1 Å². The molecule has 0 atom stereocenters. The number of hydrogen-bond donors (Lipinski definition) is 1. The van der Waals surface area contributed by atoms with Crippen LogP contribution < -0.4 is 10.1 Å². The Morgan fingerprint density at radius 3 is 2.27 bits per heavy atom. The van der Waals surface area contributed by atoms with E-state index in [0.717, 1.165) is 6.07 Å². The average Bonchev–Trinajstić information content (AvgIpc) is 2.64. The third-order valence-electron chi connectivity index (χ3n) is 3.50. The summed E-state index contributed by atoms with van der Waals surface area (Å²) in [6, 6.07) is 20.0. The van der Waals surface area contributed by atoms with Gasteiger partial charge in [0.15, 0.2) is 0 Å². The van der Waals surface area contributed by atoms with E-state index in [-0.39, 0.29) is 16.3 Å². The third kappa shape index (κ3) is 4.17. The van der Waals surface area contributed by atoms with E-state index >= 15 is 0 Å². The van der Waals surface area contributed by atoms with Gasteiger partial charge in [0.1, 0.15) is 16.5 Å². The quantitative estimate of drug-likeness (QED) is 0.489. The molecule has 0 spiro atoms. The second kappa shape index (κ2) is 7.67. The number of para-hydroxylation sites is 1. The highest BCUT2D eigenvalue weighted by molar-refractivity contribution is 6.32. The van der Waals surface area contributed by atoms with Crippen molar-refractivity contribution in [1.29, 1.82) is 0 Å². The van der Waals surface area contributed by atoms with Crippen molar-refractivity contribution in [3.8, 4) is 11.5 Å². The van der Waals surface area contributed by atoms with Crippen molar-refractivity contribution in [2.75, 3.05) is 5.32 Å². The summed E-state index contributed by atoms with van der Waals surface area (Å²) in [7, 11) is 0. The molecule has 0 radical (unpaired) electrons. The Balaban J connectivity index is 1.70. The largest absolute Gasteiger partial charge is 0.457 e. The van der Waals surface area contributed by atoms with E-state index in [1.54, 1.807) is 24.3 Å². The highest BCUT2D eigenvalue weighted by Crippen LogP contribution is 2.26. The predicted octanol–water partition coefficient (Wildman–Crippen LogP) is 5.29. The van der Waals surface area contributed by atoms with Crippen LogP contribution in [0.1, 0.15) is 10.4 Å². The van der Waals surface area contributed by atoms with Crippen LogP contribution in [0.4, 0.5) is 11.4 Å². The van der Waals surface area contributed by atoms with Crippen molar-refractivity contribution in [2.24, 2.45) is 0 Å². The van der Waals surface area contributed by atoms with Crippen molar-refractivity contribution < 1.29 is 14.5 Å². The number of rotatable bonds is 5. The zero-order valence-electron chi connectivity index (χ0n) is 13.4. The van der Waals surface area contributed by atoms with Gasteiger partial charge in [-0.05, 0) is 48.5 Å². The number of anilines is 1. The smallest absolute Gasteiger partial charge is 0.288 e. The lowest BCUT2D eigenvalue weighted by Crippen LogP contribution is -2.12. The SMILES string of the molecule is O=C(Nc1ccc(Oc2ccccc2)cc1)c1ccc(Cl)c([N+](=O)[O-])c1. The first kappa shape index (κ1) is 17.4. The highest BCUT2D eigenvalue weighted by Gasteiger charge is 2.16. The first-order chi connectivity index (χ1) is 12.5. The van der Waals surface area contributed by atoms with Gasteiger partial charge in [0, 0.05) is 17.3 Å². The molecule has 1 amide bonds. The van der Waals surface area contributed by atoms with E-state index in [4.69, 9.17) is 16.3 Å². The molecule has 130 valence electrons. The number of carbonyl (C=O) groups is 1. The van der Waals surface area contributed by atoms with Gasteiger partial charge in [-0.25, -0.2) is 0 Å². The summed E-state index contributed by atoms with van der Waals surface area (Å²) >= 11 is 5.75. The third-order valence-corrected chi connectivity index (χ3v) is 3.82. The summed E-state index contributed by atoms with van der Waals surface area (Å²) in [5, 5.41) is 13.6. The molecule has 0 aliphatic carbocycles. The fraction of sp³-hybridized carbons (Fsp3) is 0. The summed E-state index contributed by atoms with van der Waals surface area (Å²) in [5.41, 5.74) is 0.365. The van der Waals surface area contributed by atoms with Crippen molar-refractivity contribution >= 4 is 28.9 Å². The molecule has 0 saturated heterocycles. The zero-order chi connectivity index (χ0) is 18.5. The molecule has 0 heterocycles. The number of nitrogens with one attached hydrogen (secondary N) is 1. The zero-order valence-corrected chi connectivity index (χ0v) is 14.1. The van der Waals surface area contributed by atoms with E-state index in [1.807, 2.05) is 30.3 Å². The summed E-state index contributed by atoms with van der Waals surface area (Å²) in [6.45, 7) is 0. The lowest BCUT2D eigenvalue weighted by atomic mass is 10.2.